The third kappa shape index (κ3) is 1.94. The molecule has 5 heteroatoms. The molecule has 1 aliphatic rings. The van der Waals surface area contributed by atoms with Gasteiger partial charge in [-0.1, -0.05) is 0 Å². The molecule has 3 nitrogen and oxygen atoms in total. The lowest BCUT2D eigenvalue weighted by Crippen LogP contribution is -2.42. The average Bonchev–Trinajstić information content (AvgIpc) is 2.73. The maximum atomic E-state index is 13.1. The quantitative estimate of drug-likeness (QED) is 0.847. The maximum Gasteiger partial charge on any atom is 0.124 e. The van der Waals surface area contributed by atoms with E-state index in [1.54, 1.807) is 6.07 Å². The van der Waals surface area contributed by atoms with E-state index >= 15 is 0 Å². The van der Waals surface area contributed by atoms with E-state index in [0.717, 1.165) is 28.1 Å². The fourth-order valence-corrected chi connectivity index (χ4v) is 3.21. The molecule has 1 aromatic heterocycles. The summed E-state index contributed by atoms with van der Waals surface area (Å²) in [6.07, 6.45) is 1.55. The second-order valence-electron chi connectivity index (χ2n) is 4.40. The van der Waals surface area contributed by atoms with Gasteiger partial charge in [-0.05, 0) is 31.0 Å². The molecule has 0 bridgehead atoms. The first-order valence-electron chi connectivity index (χ1n) is 5.61. The molecule has 17 heavy (non-hydrogen) atoms. The molecular formula is C12H13FN2OS. The number of thiazole rings is 1. The summed E-state index contributed by atoms with van der Waals surface area (Å²) in [5.41, 5.74) is 6.77. The molecule has 2 heterocycles. The lowest BCUT2D eigenvalue weighted by Gasteiger charge is -2.31. The summed E-state index contributed by atoms with van der Waals surface area (Å²) in [5.74, 6) is -0.231. The summed E-state index contributed by atoms with van der Waals surface area (Å²) in [4.78, 5) is 4.52. The first-order chi connectivity index (χ1) is 8.17. The van der Waals surface area contributed by atoms with Gasteiger partial charge in [-0.15, -0.1) is 11.3 Å². The zero-order valence-corrected chi connectivity index (χ0v) is 10.1. The van der Waals surface area contributed by atoms with Crippen molar-refractivity contribution in [2.24, 2.45) is 5.73 Å². The van der Waals surface area contributed by atoms with Crippen LogP contribution in [0.15, 0.2) is 18.2 Å². The van der Waals surface area contributed by atoms with Crippen LogP contribution in [0.2, 0.25) is 0 Å². The second kappa shape index (κ2) is 4.01. The van der Waals surface area contributed by atoms with Gasteiger partial charge in [0.05, 0.1) is 15.8 Å². The second-order valence-corrected chi connectivity index (χ2v) is 5.43. The van der Waals surface area contributed by atoms with E-state index in [0.29, 0.717) is 13.2 Å². The third-order valence-electron chi connectivity index (χ3n) is 3.16. The minimum Gasteiger partial charge on any atom is -0.381 e. The van der Waals surface area contributed by atoms with E-state index in [1.165, 1.54) is 23.5 Å². The topological polar surface area (TPSA) is 48.1 Å². The maximum absolute atomic E-state index is 13.1. The summed E-state index contributed by atoms with van der Waals surface area (Å²) < 4.78 is 19.3. The minimum atomic E-state index is -0.404. The normalized spacial score (nSPS) is 19.6. The van der Waals surface area contributed by atoms with Crippen LogP contribution in [0, 0.1) is 5.82 Å². The molecule has 0 unspecified atom stereocenters. The van der Waals surface area contributed by atoms with Crippen molar-refractivity contribution in [1.82, 2.24) is 4.98 Å². The summed E-state index contributed by atoms with van der Waals surface area (Å²) in [6, 6.07) is 4.64. The Bertz CT molecular complexity index is 548. The van der Waals surface area contributed by atoms with Crippen LogP contribution in [0.25, 0.3) is 10.2 Å². The number of aromatic nitrogens is 1. The molecule has 0 aliphatic carbocycles. The molecule has 90 valence electrons. The SMILES string of the molecule is NC1(c2nc3ccc(F)cc3s2)CCOCC1. The molecule has 1 saturated heterocycles. The Morgan fingerprint density at radius 1 is 1.35 bits per heavy atom. The summed E-state index contributed by atoms with van der Waals surface area (Å²) in [6.45, 7) is 1.33. The predicted molar refractivity (Wildman–Crippen MR) is 65.5 cm³/mol. The van der Waals surface area contributed by atoms with Crippen molar-refractivity contribution in [3.63, 3.8) is 0 Å². The Kier molecular flexibility index (Phi) is 2.61. The third-order valence-corrected chi connectivity index (χ3v) is 4.40. The number of nitrogens with two attached hydrogens (primary N) is 1. The van der Waals surface area contributed by atoms with E-state index in [9.17, 15) is 4.39 Å². The van der Waals surface area contributed by atoms with Crippen LogP contribution < -0.4 is 5.73 Å². The zero-order chi connectivity index (χ0) is 11.9. The van der Waals surface area contributed by atoms with Crippen LogP contribution in [0.3, 0.4) is 0 Å². The van der Waals surface area contributed by atoms with Crippen LogP contribution in [0.4, 0.5) is 4.39 Å². The molecule has 2 N–H and O–H groups in total. The summed E-state index contributed by atoms with van der Waals surface area (Å²) in [5, 5.41) is 0.890. The standard InChI is InChI=1S/C12H13FN2OS/c13-8-1-2-9-10(7-8)17-11(15-9)12(14)3-5-16-6-4-12/h1-2,7H,3-6,14H2. The van der Waals surface area contributed by atoms with Crippen molar-refractivity contribution < 1.29 is 9.13 Å². The van der Waals surface area contributed by atoms with Gasteiger partial charge >= 0.3 is 0 Å². The number of hydrogen-bond acceptors (Lipinski definition) is 4. The molecule has 2 aromatic rings. The summed E-state index contributed by atoms with van der Waals surface area (Å²) in [7, 11) is 0. The zero-order valence-electron chi connectivity index (χ0n) is 9.28. The van der Waals surface area contributed by atoms with Crippen LogP contribution in [-0.4, -0.2) is 18.2 Å². The predicted octanol–water partition coefficient (Wildman–Crippen LogP) is 2.40. The number of fused-ring (bicyclic) bond motifs is 1. The molecule has 0 spiro atoms. The van der Waals surface area contributed by atoms with E-state index in [2.05, 4.69) is 4.98 Å². The summed E-state index contributed by atoms with van der Waals surface area (Å²) >= 11 is 1.49. The Balaban J connectivity index is 2.05. The number of rotatable bonds is 1. The number of hydrogen-bond donors (Lipinski definition) is 1. The highest BCUT2D eigenvalue weighted by molar-refractivity contribution is 7.18. The highest BCUT2D eigenvalue weighted by Crippen LogP contribution is 2.35. The van der Waals surface area contributed by atoms with Crippen LogP contribution >= 0.6 is 11.3 Å². The number of halogens is 1. The first kappa shape index (κ1) is 11.1. The molecule has 1 aromatic carbocycles. The monoisotopic (exact) mass is 252 g/mol. The van der Waals surface area contributed by atoms with Gasteiger partial charge in [0.15, 0.2) is 0 Å². The van der Waals surface area contributed by atoms with E-state index in [-0.39, 0.29) is 5.82 Å². The van der Waals surface area contributed by atoms with Gasteiger partial charge in [-0.25, -0.2) is 9.37 Å². The lowest BCUT2D eigenvalue weighted by molar-refractivity contribution is 0.0522. The molecule has 1 aliphatic heterocycles. The van der Waals surface area contributed by atoms with E-state index < -0.39 is 5.54 Å². The van der Waals surface area contributed by atoms with Gasteiger partial charge < -0.3 is 10.5 Å². The molecule has 0 saturated carbocycles. The smallest absolute Gasteiger partial charge is 0.124 e. The van der Waals surface area contributed by atoms with Gasteiger partial charge in [-0.2, -0.15) is 0 Å². The van der Waals surface area contributed by atoms with Crippen molar-refractivity contribution in [2.75, 3.05) is 13.2 Å². The van der Waals surface area contributed by atoms with Gasteiger partial charge in [0, 0.05) is 13.2 Å². The van der Waals surface area contributed by atoms with Crippen LogP contribution in [-0.2, 0) is 10.3 Å². The number of nitrogens with zero attached hydrogens (tertiary/aromatic N) is 1. The molecule has 0 atom stereocenters. The van der Waals surface area contributed by atoms with Crippen molar-refractivity contribution in [3.05, 3.63) is 29.0 Å². The van der Waals surface area contributed by atoms with Crippen molar-refractivity contribution in [2.45, 2.75) is 18.4 Å². The van der Waals surface area contributed by atoms with Gasteiger partial charge in [0.2, 0.25) is 0 Å². The fraction of sp³-hybridized carbons (Fsp3) is 0.417. The number of benzene rings is 1. The first-order valence-corrected chi connectivity index (χ1v) is 6.42. The highest BCUT2D eigenvalue weighted by Gasteiger charge is 2.33. The molecule has 3 rings (SSSR count). The van der Waals surface area contributed by atoms with Gasteiger partial charge in [0.25, 0.3) is 0 Å². The van der Waals surface area contributed by atoms with Gasteiger partial charge in [0.1, 0.15) is 10.8 Å². The van der Waals surface area contributed by atoms with Crippen LogP contribution in [0.1, 0.15) is 17.8 Å². The fourth-order valence-electron chi connectivity index (χ4n) is 2.06. The van der Waals surface area contributed by atoms with E-state index in [1.807, 2.05) is 0 Å². The van der Waals surface area contributed by atoms with Crippen LogP contribution in [0.5, 0.6) is 0 Å². The Morgan fingerprint density at radius 2 is 2.12 bits per heavy atom. The molecular weight excluding hydrogens is 239 g/mol. The lowest BCUT2D eigenvalue weighted by atomic mass is 9.92. The van der Waals surface area contributed by atoms with Crippen molar-refractivity contribution in [1.29, 1.82) is 0 Å². The molecule has 0 radical (unpaired) electrons. The number of ether oxygens (including phenoxy) is 1. The van der Waals surface area contributed by atoms with Crippen molar-refractivity contribution in [3.8, 4) is 0 Å². The highest BCUT2D eigenvalue weighted by atomic mass is 32.1. The largest absolute Gasteiger partial charge is 0.381 e. The van der Waals surface area contributed by atoms with Crippen molar-refractivity contribution >= 4 is 21.6 Å². The minimum absolute atomic E-state index is 0.231. The van der Waals surface area contributed by atoms with Gasteiger partial charge in [-0.3, -0.25) is 0 Å². The Morgan fingerprint density at radius 3 is 2.88 bits per heavy atom. The molecule has 1 fully saturated rings. The average molecular weight is 252 g/mol. The Hall–Kier alpha value is -1.04. The van der Waals surface area contributed by atoms with E-state index in [4.69, 9.17) is 10.5 Å². The molecule has 0 amide bonds. The Labute approximate surface area is 102 Å².